The third kappa shape index (κ3) is 4.63. The van der Waals surface area contributed by atoms with Crippen LogP contribution < -0.4 is 4.74 Å². The van der Waals surface area contributed by atoms with E-state index in [9.17, 15) is 18.0 Å². The first-order valence-corrected chi connectivity index (χ1v) is 5.84. The van der Waals surface area contributed by atoms with E-state index in [0.717, 1.165) is 12.1 Å². The van der Waals surface area contributed by atoms with Crippen molar-refractivity contribution >= 4 is 40.8 Å². The number of carbonyl (C=O) groups is 1. The smallest absolute Gasteiger partial charge is 0.426 e. The Kier molecular flexibility index (Phi) is 5.18. The molecule has 106 valence electrons. The molecule has 0 saturated carbocycles. The van der Waals surface area contributed by atoms with Gasteiger partial charge >= 0.3 is 12.1 Å². The number of hydrogen-bond acceptors (Lipinski definition) is 2. The van der Waals surface area contributed by atoms with Crippen molar-refractivity contribution in [2.45, 2.75) is 18.7 Å². The molecule has 0 amide bonds. The van der Waals surface area contributed by atoms with E-state index in [0.29, 0.717) is 0 Å². The van der Waals surface area contributed by atoms with Gasteiger partial charge in [-0.1, -0.05) is 34.8 Å². The van der Waals surface area contributed by atoms with Crippen LogP contribution in [0.4, 0.5) is 13.2 Å². The van der Waals surface area contributed by atoms with Gasteiger partial charge in [-0.15, -0.1) is 0 Å². The number of ether oxygens (including phenoxy) is 1. The Morgan fingerprint density at radius 2 is 1.74 bits per heavy atom. The summed E-state index contributed by atoms with van der Waals surface area (Å²) in [7, 11) is 0. The lowest BCUT2D eigenvalue weighted by Crippen LogP contribution is -2.36. The van der Waals surface area contributed by atoms with E-state index in [2.05, 4.69) is 4.74 Å². The Hall–Kier alpha value is -0.850. The van der Waals surface area contributed by atoms with E-state index in [1.165, 1.54) is 0 Å². The maximum atomic E-state index is 12.6. The van der Waals surface area contributed by atoms with Crippen molar-refractivity contribution in [1.82, 2.24) is 0 Å². The molecule has 0 fully saturated rings. The lowest BCUT2D eigenvalue weighted by molar-refractivity contribution is -0.200. The van der Waals surface area contributed by atoms with Gasteiger partial charge in [0.25, 0.3) is 0 Å². The Bertz CT molecular complexity index is 491. The fourth-order valence-corrected chi connectivity index (χ4v) is 1.71. The summed E-state index contributed by atoms with van der Waals surface area (Å²) in [6, 6.07) is 2.10. The first kappa shape index (κ1) is 16.2. The van der Waals surface area contributed by atoms with Gasteiger partial charge in [-0.25, -0.2) is 0 Å². The summed E-state index contributed by atoms with van der Waals surface area (Å²) in [4.78, 5) is 10.4. The van der Waals surface area contributed by atoms with Gasteiger partial charge in [0.1, 0.15) is 5.75 Å². The monoisotopic (exact) mass is 336 g/mol. The highest BCUT2D eigenvalue weighted by molar-refractivity contribution is 6.43. The minimum Gasteiger partial charge on any atom is -0.481 e. The summed E-state index contributed by atoms with van der Waals surface area (Å²) in [5, 5.41) is 8.22. The van der Waals surface area contributed by atoms with E-state index in [-0.39, 0.29) is 20.8 Å². The molecule has 0 heterocycles. The molecule has 0 aliphatic rings. The zero-order chi connectivity index (χ0) is 14.8. The van der Waals surface area contributed by atoms with Crippen LogP contribution in [-0.2, 0) is 4.79 Å². The molecule has 1 atom stereocenters. The number of benzene rings is 1. The van der Waals surface area contributed by atoms with E-state index in [4.69, 9.17) is 39.9 Å². The summed E-state index contributed by atoms with van der Waals surface area (Å²) in [6.45, 7) is 0. The molecular formula is C10H6Cl3F3O3. The van der Waals surface area contributed by atoms with Crippen molar-refractivity contribution in [2.24, 2.45) is 0 Å². The maximum absolute atomic E-state index is 12.6. The van der Waals surface area contributed by atoms with Crippen LogP contribution in [-0.4, -0.2) is 23.4 Å². The number of aliphatic carboxylic acids is 1. The molecule has 0 aliphatic heterocycles. The van der Waals surface area contributed by atoms with Gasteiger partial charge in [0.05, 0.1) is 21.5 Å². The van der Waals surface area contributed by atoms with Gasteiger partial charge in [-0.2, -0.15) is 13.2 Å². The van der Waals surface area contributed by atoms with Crippen LogP contribution >= 0.6 is 34.8 Å². The number of hydrogen-bond donors (Lipinski definition) is 1. The molecule has 0 bridgehead atoms. The van der Waals surface area contributed by atoms with Crippen LogP contribution in [0.1, 0.15) is 6.42 Å². The molecule has 0 saturated heterocycles. The average molecular weight is 338 g/mol. The van der Waals surface area contributed by atoms with Crippen LogP contribution in [0.2, 0.25) is 15.1 Å². The van der Waals surface area contributed by atoms with Crippen molar-refractivity contribution in [2.75, 3.05) is 0 Å². The maximum Gasteiger partial charge on any atom is 0.426 e. The number of alkyl halides is 3. The molecule has 1 N–H and O–H groups in total. The Labute approximate surface area is 120 Å². The van der Waals surface area contributed by atoms with E-state index in [1.54, 1.807) is 0 Å². The summed E-state index contributed by atoms with van der Waals surface area (Å²) in [5.74, 6) is -2.04. The quantitative estimate of drug-likeness (QED) is 0.827. The first-order valence-electron chi connectivity index (χ1n) is 4.71. The molecule has 3 nitrogen and oxygen atoms in total. The summed E-state index contributed by atoms with van der Waals surface area (Å²) >= 11 is 16.9. The number of rotatable bonds is 4. The Balaban J connectivity index is 3.03. The van der Waals surface area contributed by atoms with E-state index < -0.39 is 24.7 Å². The van der Waals surface area contributed by atoms with Gasteiger partial charge in [0.15, 0.2) is 0 Å². The number of carboxylic acid groups (broad SMARTS) is 1. The molecule has 1 rings (SSSR count). The van der Waals surface area contributed by atoms with Gasteiger partial charge in [0.2, 0.25) is 6.10 Å². The van der Waals surface area contributed by atoms with Gasteiger partial charge in [-0.3, -0.25) is 4.79 Å². The SMILES string of the molecule is O=C(O)CC(Oc1cc(Cl)c(Cl)cc1Cl)C(F)(F)F. The molecule has 1 unspecified atom stereocenters. The van der Waals surface area contributed by atoms with E-state index >= 15 is 0 Å². The molecule has 19 heavy (non-hydrogen) atoms. The van der Waals surface area contributed by atoms with Gasteiger partial charge in [-0.05, 0) is 6.07 Å². The van der Waals surface area contributed by atoms with Crippen LogP contribution in [0, 0.1) is 0 Å². The predicted molar refractivity (Wildman–Crippen MR) is 64.2 cm³/mol. The Morgan fingerprint density at radius 1 is 1.21 bits per heavy atom. The standard InChI is InChI=1S/C10H6Cl3F3O3/c11-4-1-6(13)7(2-5(4)12)19-8(3-9(17)18)10(14,15)16/h1-2,8H,3H2,(H,17,18). The summed E-state index contributed by atoms with van der Waals surface area (Å²) in [6.07, 6.45) is -8.63. The normalized spacial score (nSPS) is 13.2. The molecule has 0 spiro atoms. The number of halogens is 6. The fraction of sp³-hybridized carbons (Fsp3) is 0.300. The lowest BCUT2D eigenvalue weighted by atomic mass is 10.2. The summed E-state index contributed by atoms with van der Waals surface area (Å²) < 4.78 is 42.3. The topological polar surface area (TPSA) is 46.5 Å². The zero-order valence-electron chi connectivity index (χ0n) is 8.97. The molecule has 0 aliphatic carbocycles. The van der Waals surface area contributed by atoms with Crippen molar-refractivity contribution < 1.29 is 27.8 Å². The predicted octanol–water partition coefficient (Wildman–Crippen LogP) is 4.43. The lowest BCUT2D eigenvalue weighted by Gasteiger charge is -2.21. The number of carboxylic acids is 1. The van der Waals surface area contributed by atoms with Gasteiger partial charge < -0.3 is 9.84 Å². The second kappa shape index (κ2) is 6.07. The summed E-state index contributed by atoms with van der Waals surface area (Å²) in [5.41, 5.74) is 0. The minimum absolute atomic E-state index is 0.0424. The molecule has 1 aromatic rings. The molecule has 0 radical (unpaired) electrons. The Morgan fingerprint density at radius 3 is 2.21 bits per heavy atom. The second-order valence-corrected chi connectivity index (χ2v) is 4.66. The van der Waals surface area contributed by atoms with E-state index in [1.807, 2.05) is 0 Å². The van der Waals surface area contributed by atoms with Crippen LogP contribution in [0.25, 0.3) is 0 Å². The highest BCUT2D eigenvalue weighted by Gasteiger charge is 2.43. The second-order valence-electron chi connectivity index (χ2n) is 3.44. The van der Waals surface area contributed by atoms with Gasteiger partial charge in [0, 0.05) is 6.07 Å². The van der Waals surface area contributed by atoms with Crippen LogP contribution in [0.3, 0.4) is 0 Å². The minimum atomic E-state index is -4.85. The molecule has 0 aromatic heterocycles. The third-order valence-electron chi connectivity index (χ3n) is 1.97. The van der Waals surface area contributed by atoms with Crippen molar-refractivity contribution in [1.29, 1.82) is 0 Å². The van der Waals surface area contributed by atoms with Crippen molar-refractivity contribution in [3.63, 3.8) is 0 Å². The molecule has 1 aromatic carbocycles. The zero-order valence-corrected chi connectivity index (χ0v) is 11.2. The first-order chi connectivity index (χ1) is 8.61. The van der Waals surface area contributed by atoms with Crippen molar-refractivity contribution in [3.05, 3.63) is 27.2 Å². The highest BCUT2D eigenvalue weighted by Crippen LogP contribution is 2.36. The highest BCUT2D eigenvalue weighted by atomic mass is 35.5. The molecule has 9 heteroatoms. The van der Waals surface area contributed by atoms with Crippen molar-refractivity contribution in [3.8, 4) is 5.75 Å². The largest absolute Gasteiger partial charge is 0.481 e. The van der Waals surface area contributed by atoms with Crippen LogP contribution in [0.15, 0.2) is 12.1 Å². The average Bonchev–Trinajstić information content (AvgIpc) is 2.22. The third-order valence-corrected chi connectivity index (χ3v) is 2.99. The van der Waals surface area contributed by atoms with Crippen LogP contribution in [0.5, 0.6) is 5.75 Å². The molecular weight excluding hydrogens is 331 g/mol. The fourth-order valence-electron chi connectivity index (χ4n) is 1.13.